The van der Waals surface area contributed by atoms with Gasteiger partial charge in [0.2, 0.25) is 10.0 Å². The molecule has 12 heteroatoms. The molecule has 1 saturated heterocycles. The number of methoxy groups -OCH3 is 1. The fourth-order valence-corrected chi connectivity index (χ4v) is 4.69. The summed E-state index contributed by atoms with van der Waals surface area (Å²) in [6, 6.07) is 12.1. The smallest absolute Gasteiger partial charge is 0.279 e. The first kappa shape index (κ1) is 25.0. The minimum absolute atomic E-state index is 0.00796. The van der Waals surface area contributed by atoms with Gasteiger partial charge in [0.15, 0.2) is 6.10 Å². The van der Waals surface area contributed by atoms with E-state index in [-0.39, 0.29) is 42.5 Å². The average molecular weight is 489 g/mol. The lowest BCUT2D eigenvalue weighted by molar-refractivity contribution is -0.128. The van der Waals surface area contributed by atoms with Gasteiger partial charge in [-0.25, -0.2) is 8.42 Å². The number of hydrogen-bond acceptors (Lipinski definition) is 8. The number of rotatable bonds is 7. The number of hydrazine groups is 1. The number of nitrogens with one attached hydrogen (secondary N) is 2. The summed E-state index contributed by atoms with van der Waals surface area (Å²) in [5, 5.41) is 8.83. The van der Waals surface area contributed by atoms with Gasteiger partial charge in [-0.05, 0) is 49.4 Å². The van der Waals surface area contributed by atoms with Crippen molar-refractivity contribution in [3.63, 3.8) is 0 Å². The Labute approximate surface area is 197 Å². The molecule has 1 heterocycles. The van der Waals surface area contributed by atoms with Crippen molar-refractivity contribution in [1.29, 1.82) is 5.26 Å². The maximum Gasteiger partial charge on any atom is 0.279 e. The largest absolute Gasteiger partial charge is 0.495 e. The highest BCUT2D eigenvalue weighted by atomic mass is 32.2. The van der Waals surface area contributed by atoms with E-state index in [0.717, 1.165) is 0 Å². The van der Waals surface area contributed by atoms with Crippen molar-refractivity contribution in [3.05, 3.63) is 53.6 Å². The van der Waals surface area contributed by atoms with Crippen molar-refractivity contribution >= 4 is 21.8 Å². The lowest BCUT2D eigenvalue weighted by Crippen LogP contribution is -2.47. The van der Waals surface area contributed by atoms with Gasteiger partial charge >= 0.3 is 0 Å². The summed E-state index contributed by atoms with van der Waals surface area (Å²) >= 11 is 0. The molecule has 2 amide bonds. The van der Waals surface area contributed by atoms with Crippen LogP contribution in [0.4, 0.5) is 0 Å². The zero-order chi connectivity index (χ0) is 24.7. The number of carbonyl (C=O) groups is 2. The molecule has 0 aromatic heterocycles. The van der Waals surface area contributed by atoms with Crippen molar-refractivity contribution in [2.75, 3.05) is 33.4 Å². The van der Waals surface area contributed by atoms with Gasteiger partial charge in [0.05, 0.1) is 32.0 Å². The van der Waals surface area contributed by atoms with Crippen LogP contribution in [0.5, 0.6) is 11.5 Å². The number of benzene rings is 2. The first-order valence-corrected chi connectivity index (χ1v) is 11.7. The monoisotopic (exact) mass is 488 g/mol. The predicted molar refractivity (Wildman–Crippen MR) is 119 cm³/mol. The molecule has 11 nitrogen and oxygen atoms in total. The van der Waals surface area contributed by atoms with Gasteiger partial charge in [0.1, 0.15) is 16.4 Å². The molecule has 0 radical (unpaired) electrons. The molecule has 2 N–H and O–H groups in total. The molecule has 0 saturated carbocycles. The second kappa shape index (κ2) is 11.0. The number of carbonyl (C=O) groups excluding carboxylic acids is 2. The van der Waals surface area contributed by atoms with E-state index in [1.807, 2.05) is 6.07 Å². The molecule has 1 aliphatic heterocycles. The first-order valence-electron chi connectivity index (χ1n) is 10.3. The van der Waals surface area contributed by atoms with Crippen molar-refractivity contribution in [2.45, 2.75) is 17.9 Å². The van der Waals surface area contributed by atoms with Crippen LogP contribution in [0.2, 0.25) is 0 Å². The van der Waals surface area contributed by atoms with Crippen LogP contribution in [-0.2, 0) is 19.6 Å². The van der Waals surface area contributed by atoms with Crippen molar-refractivity contribution < 1.29 is 32.2 Å². The van der Waals surface area contributed by atoms with E-state index in [1.165, 1.54) is 36.5 Å². The Morgan fingerprint density at radius 2 is 1.79 bits per heavy atom. The van der Waals surface area contributed by atoms with E-state index in [9.17, 15) is 18.0 Å². The molecule has 180 valence electrons. The Balaban J connectivity index is 1.66. The third-order valence-electron chi connectivity index (χ3n) is 4.98. The summed E-state index contributed by atoms with van der Waals surface area (Å²) in [5.41, 5.74) is 4.96. The maximum atomic E-state index is 13.1. The Morgan fingerprint density at radius 1 is 1.12 bits per heavy atom. The first-order chi connectivity index (χ1) is 16.3. The van der Waals surface area contributed by atoms with Gasteiger partial charge in [-0.1, -0.05) is 0 Å². The molecule has 2 aromatic carbocycles. The van der Waals surface area contributed by atoms with Crippen LogP contribution in [0.25, 0.3) is 0 Å². The zero-order valence-corrected chi connectivity index (χ0v) is 19.4. The molecular formula is C22H24N4O7S. The Bertz CT molecular complexity index is 1190. The van der Waals surface area contributed by atoms with Crippen molar-refractivity contribution in [3.8, 4) is 17.6 Å². The molecule has 3 rings (SSSR count). The maximum absolute atomic E-state index is 13.1. The fraction of sp³-hybridized carbons (Fsp3) is 0.318. The molecule has 0 aliphatic carbocycles. The van der Waals surface area contributed by atoms with Gasteiger partial charge in [-0.15, -0.1) is 0 Å². The average Bonchev–Trinajstić information content (AvgIpc) is 2.87. The van der Waals surface area contributed by atoms with Gasteiger partial charge in [-0.3, -0.25) is 20.4 Å². The Kier molecular flexibility index (Phi) is 8.06. The Morgan fingerprint density at radius 3 is 2.41 bits per heavy atom. The lowest BCUT2D eigenvalue weighted by Gasteiger charge is -2.26. The topological polar surface area (TPSA) is 147 Å². The van der Waals surface area contributed by atoms with E-state index in [4.69, 9.17) is 19.5 Å². The molecule has 2 aromatic rings. The Hall–Kier alpha value is -3.66. The SMILES string of the molecule is COc1ccc(C(=O)NNC(=O)[C@@H](C)Oc2ccc(C#N)cc2)cc1S(=O)(=O)N1CCOCC1. The van der Waals surface area contributed by atoms with Gasteiger partial charge in [0.25, 0.3) is 11.8 Å². The highest BCUT2D eigenvalue weighted by molar-refractivity contribution is 7.89. The van der Waals surface area contributed by atoms with Crippen LogP contribution in [-0.4, -0.2) is 64.1 Å². The molecule has 1 atom stereocenters. The summed E-state index contributed by atoms with van der Waals surface area (Å²) < 4.78 is 43.3. The number of sulfonamides is 1. The standard InChI is InChI=1S/C22H24N4O7S/c1-15(33-18-6-3-16(14-23)4-7-18)21(27)24-25-22(28)17-5-8-19(31-2)20(13-17)34(29,30)26-9-11-32-12-10-26/h3-8,13,15H,9-12H2,1-2H3,(H,24,27)(H,25,28)/t15-/m1/s1. The molecule has 0 unspecified atom stereocenters. The number of hydrogen-bond donors (Lipinski definition) is 2. The lowest BCUT2D eigenvalue weighted by atomic mass is 10.2. The van der Waals surface area contributed by atoms with Crippen LogP contribution in [0.1, 0.15) is 22.8 Å². The highest BCUT2D eigenvalue weighted by Gasteiger charge is 2.30. The predicted octanol–water partition coefficient (Wildman–Crippen LogP) is 0.816. The van der Waals surface area contributed by atoms with Gasteiger partial charge < -0.3 is 14.2 Å². The van der Waals surface area contributed by atoms with Crippen LogP contribution in [0.3, 0.4) is 0 Å². The van der Waals surface area contributed by atoms with E-state index in [1.54, 1.807) is 24.3 Å². The van der Waals surface area contributed by atoms with Crippen molar-refractivity contribution in [2.24, 2.45) is 0 Å². The van der Waals surface area contributed by atoms with Crippen molar-refractivity contribution in [1.82, 2.24) is 15.2 Å². The van der Waals surface area contributed by atoms with E-state index in [0.29, 0.717) is 11.3 Å². The number of nitriles is 1. The van der Waals surface area contributed by atoms with E-state index >= 15 is 0 Å². The summed E-state index contributed by atoms with van der Waals surface area (Å²) in [6.45, 7) is 2.41. The van der Waals surface area contributed by atoms with E-state index in [2.05, 4.69) is 10.9 Å². The summed E-state index contributed by atoms with van der Waals surface area (Å²) in [5.74, 6) is -0.884. The van der Waals surface area contributed by atoms with Crippen LogP contribution in [0.15, 0.2) is 47.4 Å². The molecule has 0 spiro atoms. The quantitative estimate of drug-likeness (QED) is 0.545. The molecule has 34 heavy (non-hydrogen) atoms. The summed E-state index contributed by atoms with van der Waals surface area (Å²) in [4.78, 5) is 24.7. The molecular weight excluding hydrogens is 464 g/mol. The number of morpholine rings is 1. The van der Waals surface area contributed by atoms with E-state index < -0.39 is 27.9 Å². The molecule has 0 bridgehead atoms. The zero-order valence-electron chi connectivity index (χ0n) is 18.6. The number of amides is 2. The number of ether oxygens (including phenoxy) is 3. The third-order valence-corrected chi connectivity index (χ3v) is 6.90. The van der Waals surface area contributed by atoms with Gasteiger partial charge in [0, 0.05) is 18.7 Å². The minimum Gasteiger partial charge on any atom is -0.495 e. The highest BCUT2D eigenvalue weighted by Crippen LogP contribution is 2.28. The van der Waals surface area contributed by atoms with Gasteiger partial charge in [-0.2, -0.15) is 9.57 Å². The fourth-order valence-electron chi connectivity index (χ4n) is 3.10. The van der Waals surface area contributed by atoms with Crippen LogP contribution < -0.4 is 20.3 Å². The second-order valence-corrected chi connectivity index (χ2v) is 9.13. The number of nitrogens with zero attached hydrogens (tertiary/aromatic N) is 2. The molecule has 1 fully saturated rings. The summed E-state index contributed by atoms with van der Waals surface area (Å²) in [7, 11) is -2.59. The third kappa shape index (κ3) is 5.82. The summed E-state index contributed by atoms with van der Waals surface area (Å²) in [6.07, 6.45) is -0.957. The minimum atomic E-state index is -3.92. The second-order valence-electron chi connectivity index (χ2n) is 7.22. The molecule has 1 aliphatic rings. The van der Waals surface area contributed by atoms with Crippen LogP contribution >= 0.6 is 0 Å². The van der Waals surface area contributed by atoms with Crippen LogP contribution in [0, 0.1) is 11.3 Å². The normalized spacial score (nSPS) is 15.0.